The molecule has 5 nitrogen and oxygen atoms in total. The minimum Gasteiger partial charge on any atom is -0.390 e. The van der Waals surface area contributed by atoms with Gasteiger partial charge in [-0.15, -0.1) is 0 Å². The van der Waals surface area contributed by atoms with E-state index in [9.17, 15) is 0 Å². The summed E-state index contributed by atoms with van der Waals surface area (Å²) in [5.41, 5.74) is 2.73. The number of halogens is 1. The fraction of sp³-hybridized carbons (Fsp3) is 0.400. The van der Waals surface area contributed by atoms with Crippen LogP contribution in [0.2, 0.25) is 0 Å². The summed E-state index contributed by atoms with van der Waals surface area (Å²) in [5, 5.41) is 13.2. The molecule has 2 aromatic heterocycles. The Morgan fingerprint density at radius 2 is 2.25 bits per heavy atom. The highest BCUT2D eigenvalue weighted by atomic mass is 79.9. The predicted molar refractivity (Wildman–Crippen MR) is 62.9 cm³/mol. The van der Waals surface area contributed by atoms with Crippen LogP contribution in [0.3, 0.4) is 0 Å². The van der Waals surface area contributed by atoms with Crippen LogP contribution in [-0.4, -0.2) is 24.4 Å². The fourth-order valence-corrected chi connectivity index (χ4v) is 2.06. The summed E-state index contributed by atoms with van der Waals surface area (Å²) < 4.78 is 4.79. The first-order valence-corrected chi connectivity index (χ1v) is 5.70. The third kappa shape index (κ3) is 2.03. The average Bonchev–Trinajstić information content (AvgIpc) is 2.80. The normalized spacial score (nSPS) is 11.0. The van der Waals surface area contributed by atoms with E-state index in [-0.39, 0.29) is 6.61 Å². The molecule has 0 bridgehead atoms. The number of hydrogen-bond donors (Lipinski definition) is 1. The Labute approximate surface area is 102 Å². The molecule has 16 heavy (non-hydrogen) atoms. The first-order valence-electron chi connectivity index (χ1n) is 4.91. The minimum atomic E-state index is -0.0292. The lowest BCUT2D eigenvalue weighted by molar-refractivity contribution is 0.277. The van der Waals surface area contributed by atoms with Crippen molar-refractivity contribution in [3.63, 3.8) is 0 Å². The number of aryl methyl sites for hydroxylation is 2. The van der Waals surface area contributed by atoms with Crippen LogP contribution in [0.25, 0.3) is 0 Å². The zero-order chi connectivity index (χ0) is 11.7. The molecule has 0 aliphatic heterocycles. The molecule has 0 spiro atoms. The zero-order valence-electron chi connectivity index (χ0n) is 9.18. The fourth-order valence-electron chi connectivity index (χ4n) is 1.60. The molecule has 2 heterocycles. The second-order valence-corrected chi connectivity index (χ2v) is 4.46. The van der Waals surface area contributed by atoms with E-state index in [4.69, 9.17) is 5.11 Å². The smallest absolute Gasteiger partial charge is 0.0954 e. The number of aliphatic hydroxyl groups excluding tert-OH is 1. The number of nitrogens with zero attached hydrogens (tertiary/aromatic N) is 4. The molecule has 0 unspecified atom stereocenters. The van der Waals surface area contributed by atoms with Crippen molar-refractivity contribution in [1.82, 2.24) is 19.3 Å². The maximum atomic E-state index is 8.93. The van der Waals surface area contributed by atoms with Gasteiger partial charge in [0, 0.05) is 13.2 Å². The lowest BCUT2D eigenvalue weighted by atomic mass is 10.3. The molecule has 0 amide bonds. The highest BCUT2D eigenvalue weighted by Gasteiger charge is 2.11. The van der Waals surface area contributed by atoms with Gasteiger partial charge in [-0.3, -0.25) is 4.68 Å². The number of aromatic nitrogens is 4. The van der Waals surface area contributed by atoms with Crippen LogP contribution in [0.5, 0.6) is 0 Å². The van der Waals surface area contributed by atoms with Crippen LogP contribution < -0.4 is 0 Å². The molecule has 1 N–H and O–H groups in total. The van der Waals surface area contributed by atoms with E-state index in [0.717, 1.165) is 15.9 Å². The molecule has 0 aromatic carbocycles. The first-order chi connectivity index (χ1) is 7.61. The van der Waals surface area contributed by atoms with E-state index in [1.807, 2.05) is 29.4 Å². The van der Waals surface area contributed by atoms with Crippen molar-refractivity contribution >= 4 is 15.9 Å². The highest BCUT2D eigenvalue weighted by Crippen LogP contribution is 2.21. The summed E-state index contributed by atoms with van der Waals surface area (Å²) in [6, 6.07) is 0. The van der Waals surface area contributed by atoms with E-state index in [2.05, 4.69) is 26.0 Å². The van der Waals surface area contributed by atoms with Crippen molar-refractivity contribution in [2.75, 3.05) is 0 Å². The number of imidazole rings is 1. The van der Waals surface area contributed by atoms with Gasteiger partial charge < -0.3 is 9.67 Å². The second-order valence-electron chi connectivity index (χ2n) is 3.67. The number of hydrogen-bond acceptors (Lipinski definition) is 3. The summed E-state index contributed by atoms with van der Waals surface area (Å²) in [7, 11) is 1.91. The predicted octanol–water partition coefficient (Wildman–Crippen LogP) is 1.23. The third-order valence-electron chi connectivity index (χ3n) is 2.44. The molecule has 0 saturated carbocycles. The van der Waals surface area contributed by atoms with Gasteiger partial charge in [0.25, 0.3) is 0 Å². The molecule has 0 aliphatic carbocycles. The average molecular weight is 285 g/mol. The number of aliphatic hydroxyl groups is 1. The Morgan fingerprint density at radius 1 is 1.50 bits per heavy atom. The molecule has 2 rings (SSSR count). The summed E-state index contributed by atoms with van der Waals surface area (Å²) >= 11 is 3.52. The van der Waals surface area contributed by atoms with Gasteiger partial charge in [-0.1, -0.05) is 0 Å². The van der Waals surface area contributed by atoms with Gasteiger partial charge in [-0.25, -0.2) is 4.98 Å². The van der Waals surface area contributed by atoms with Crippen molar-refractivity contribution in [2.24, 2.45) is 7.05 Å². The van der Waals surface area contributed by atoms with E-state index in [0.29, 0.717) is 12.2 Å². The van der Waals surface area contributed by atoms with Gasteiger partial charge in [-0.2, -0.15) is 5.10 Å². The van der Waals surface area contributed by atoms with E-state index in [1.165, 1.54) is 0 Å². The SMILES string of the molecule is Cc1nn(C)c(Cn2cnc(CO)c2)c1Br. The van der Waals surface area contributed by atoms with Crippen molar-refractivity contribution in [3.8, 4) is 0 Å². The van der Waals surface area contributed by atoms with E-state index in [1.54, 1.807) is 6.33 Å². The third-order valence-corrected chi connectivity index (χ3v) is 3.47. The van der Waals surface area contributed by atoms with Gasteiger partial charge in [0.15, 0.2) is 0 Å². The summed E-state index contributed by atoms with van der Waals surface area (Å²) in [6.45, 7) is 2.62. The van der Waals surface area contributed by atoms with Crippen molar-refractivity contribution in [3.05, 3.63) is 34.1 Å². The lowest BCUT2D eigenvalue weighted by Gasteiger charge is -2.03. The van der Waals surface area contributed by atoms with Gasteiger partial charge >= 0.3 is 0 Å². The molecule has 6 heteroatoms. The molecule has 0 fully saturated rings. The Balaban J connectivity index is 2.26. The molecular weight excluding hydrogens is 272 g/mol. The molecular formula is C10H13BrN4O. The molecule has 0 atom stereocenters. The van der Waals surface area contributed by atoms with Crippen LogP contribution >= 0.6 is 15.9 Å². The maximum absolute atomic E-state index is 8.93. The van der Waals surface area contributed by atoms with Crippen molar-refractivity contribution < 1.29 is 5.11 Å². The minimum absolute atomic E-state index is 0.0292. The van der Waals surface area contributed by atoms with Crippen molar-refractivity contribution in [2.45, 2.75) is 20.1 Å². The maximum Gasteiger partial charge on any atom is 0.0954 e. The lowest BCUT2D eigenvalue weighted by Crippen LogP contribution is -2.04. The Kier molecular flexibility index (Phi) is 3.11. The molecule has 86 valence electrons. The quantitative estimate of drug-likeness (QED) is 0.922. The van der Waals surface area contributed by atoms with Gasteiger partial charge in [0.05, 0.1) is 41.0 Å². The number of rotatable bonds is 3. The molecule has 0 aliphatic rings. The summed E-state index contributed by atoms with van der Waals surface area (Å²) in [6.07, 6.45) is 3.54. The summed E-state index contributed by atoms with van der Waals surface area (Å²) in [5.74, 6) is 0. The van der Waals surface area contributed by atoms with Crippen molar-refractivity contribution in [1.29, 1.82) is 0 Å². The highest BCUT2D eigenvalue weighted by molar-refractivity contribution is 9.10. The molecule has 2 aromatic rings. The first kappa shape index (κ1) is 11.3. The Morgan fingerprint density at radius 3 is 2.75 bits per heavy atom. The van der Waals surface area contributed by atoms with E-state index < -0.39 is 0 Å². The van der Waals surface area contributed by atoms with Crippen LogP contribution in [0.4, 0.5) is 0 Å². The van der Waals surface area contributed by atoms with Gasteiger partial charge in [0.2, 0.25) is 0 Å². The largest absolute Gasteiger partial charge is 0.390 e. The Hall–Kier alpha value is -1.14. The molecule has 0 radical (unpaired) electrons. The standard InChI is InChI=1S/C10H13BrN4O/c1-7-10(11)9(14(2)13-7)4-15-3-8(5-16)12-6-15/h3,6,16H,4-5H2,1-2H3. The van der Waals surface area contributed by atoms with Crippen LogP contribution in [-0.2, 0) is 20.2 Å². The van der Waals surface area contributed by atoms with Crippen LogP contribution in [0.1, 0.15) is 17.1 Å². The van der Waals surface area contributed by atoms with Gasteiger partial charge in [-0.05, 0) is 22.9 Å². The molecule has 0 saturated heterocycles. The second kappa shape index (κ2) is 4.39. The van der Waals surface area contributed by atoms with Crippen LogP contribution in [0.15, 0.2) is 17.0 Å². The monoisotopic (exact) mass is 284 g/mol. The van der Waals surface area contributed by atoms with Crippen LogP contribution in [0, 0.1) is 6.92 Å². The zero-order valence-corrected chi connectivity index (χ0v) is 10.8. The topological polar surface area (TPSA) is 55.9 Å². The van der Waals surface area contributed by atoms with Gasteiger partial charge in [0.1, 0.15) is 0 Å². The summed E-state index contributed by atoms with van der Waals surface area (Å²) in [4.78, 5) is 4.06. The Bertz CT molecular complexity index is 503. The van der Waals surface area contributed by atoms with E-state index >= 15 is 0 Å².